The lowest BCUT2D eigenvalue weighted by Gasteiger charge is -2.10. The fourth-order valence-electron chi connectivity index (χ4n) is 3.73. The first-order valence-corrected chi connectivity index (χ1v) is 11.9. The molecule has 1 amide bonds. The molecule has 0 saturated heterocycles. The van der Waals surface area contributed by atoms with Gasteiger partial charge in [-0.1, -0.05) is 72.4 Å². The van der Waals surface area contributed by atoms with E-state index in [-0.39, 0.29) is 5.91 Å². The maximum absolute atomic E-state index is 12.2. The van der Waals surface area contributed by atoms with Gasteiger partial charge in [0.2, 0.25) is 11.1 Å². The Labute approximate surface area is 205 Å². The van der Waals surface area contributed by atoms with E-state index in [0.717, 1.165) is 27.8 Å². The second-order valence-electron chi connectivity index (χ2n) is 7.80. The van der Waals surface area contributed by atoms with E-state index in [9.17, 15) is 9.59 Å². The van der Waals surface area contributed by atoms with Crippen LogP contribution in [0.5, 0.6) is 0 Å². The molecule has 35 heavy (non-hydrogen) atoms. The molecule has 0 aliphatic heterocycles. The summed E-state index contributed by atoms with van der Waals surface area (Å²) in [7, 11) is 0. The number of carbonyl (C=O) groups is 1. The standard InChI is InChI=1S/C27H20N4O3S/c1-17(32)28-21-12-13-22-20(14-24(33)34-23(22)15-21)16-35-27-29-25(18-8-4-2-5-9-18)26(30-31-27)19-10-6-3-7-11-19/h2-15H,16H2,1H3,(H,28,32). The van der Waals surface area contributed by atoms with Gasteiger partial charge in [0, 0.05) is 47.0 Å². The zero-order valence-corrected chi connectivity index (χ0v) is 19.6. The van der Waals surface area contributed by atoms with Gasteiger partial charge in [-0.3, -0.25) is 4.79 Å². The van der Waals surface area contributed by atoms with Crippen LogP contribution in [-0.4, -0.2) is 21.1 Å². The number of hydrogen-bond acceptors (Lipinski definition) is 7. The van der Waals surface area contributed by atoms with Gasteiger partial charge in [0.05, 0.1) is 0 Å². The zero-order chi connectivity index (χ0) is 24.2. The summed E-state index contributed by atoms with van der Waals surface area (Å²) < 4.78 is 5.36. The third-order valence-corrected chi connectivity index (χ3v) is 6.16. The monoisotopic (exact) mass is 480 g/mol. The van der Waals surface area contributed by atoms with Crippen LogP contribution in [-0.2, 0) is 10.5 Å². The maximum Gasteiger partial charge on any atom is 0.336 e. The van der Waals surface area contributed by atoms with E-state index in [4.69, 9.17) is 9.40 Å². The number of nitrogens with one attached hydrogen (secondary N) is 1. The van der Waals surface area contributed by atoms with E-state index in [1.165, 1.54) is 24.8 Å². The minimum atomic E-state index is -0.462. The normalized spacial score (nSPS) is 10.9. The zero-order valence-electron chi connectivity index (χ0n) is 18.8. The molecule has 0 saturated carbocycles. The number of benzene rings is 3. The number of anilines is 1. The highest BCUT2D eigenvalue weighted by Crippen LogP contribution is 2.31. The van der Waals surface area contributed by atoms with Gasteiger partial charge in [-0.05, 0) is 17.7 Å². The van der Waals surface area contributed by atoms with Crippen molar-refractivity contribution in [1.29, 1.82) is 0 Å². The Morgan fingerprint density at radius 1 is 0.886 bits per heavy atom. The Balaban J connectivity index is 1.48. The van der Waals surface area contributed by atoms with Crippen molar-refractivity contribution in [2.45, 2.75) is 17.8 Å². The Morgan fingerprint density at radius 2 is 1.57 bits per heavy atom. The van der Waals surface area contributed by atoms with E-state index in [0.29, 0.717) is 27.9 Å². The number of aromatic nitrogens is 3. The molecular formula is C27H20N4O3S. The molecule has 0 aliphatic rings. The summed E-state index contributed by atoms with van der Waals surface area (Å²) in [4.78, 5) is 28.4. The first kappa shape index (κ1) is 22.5. The minimum Gasteiger partial charge on any atom is -0.423 e. The molecule has 5 aromatic rings. The molecule has 2 aromatic heterocycles. The molecule has 0 spiro atoms. The van der Waals surface area contributed by atoms with Crippen LogP contribution in [0.2, 0.25) is 0 Å². The Hall–Kier alpha value is -4.30. The van der Waals surface area contributed by atoms with Gasteiger partial charge in [0.25, 0.3) is 0 Å². The van der Waals surface area contributed by atoms with Crippen molar-refractivity contribution in [2.75, 3.05) is 5.32 Å². The summed E-state index contributed by atoms with van der Waals surface area (Å²) in [6.45, 7) is 1.42. The van der Waals surface area contributed by atoms with Crippen LogP contribution in [0.25, 0.3) is 33.5 Å². The number of nitrogens with zero attached hydrogens (tertiary/aromatic N) is 3. The van der Waals surface area contributed by atoms with Crippen LogP contribution >= 0.6 is 11.8 Å². The van der Waals surface area contributed by atoms with Gasteiger partial charge >= 0.3 is 5.63 Å². The van der Waals surface area contributed by atoms with Gasteiger partial charge in [0.1, 0.15) is 17.0 Å². The lowest BCUT2D eigenvalue weighted by Crippen LogP contribution is -2.06. The Bertz CT molecular complexity index is 1570. The van der Waals surface area contributed by atoms with Crippen molar-refractivity contribution in [3.05, 3.63) is 101 Å². The van der Waals surface area contributed by atoms with E-state index in [1.807, 2.05) is 66.7 Å². The number of carbonyl (C=O) groups excluding carboxylic acids is 1. The van der Waals surface area contributed by atoms with Crippen molar-refractivity contribution < 1.29 is 9.21 Å². The highest BCUT2D eigenvalue weighted by molar-refractivity contribution is 7.98. The lowest BCUT2D eigenvalue weighted by molar-refractivity contribution is -0.114. The number of rotatable bonds is 6. The average Bonchev–Trinajstić information content (AvgIpc) is 2.87. The van der Waals surface area contributed by atoms with E-state index in [1.54, 1.807) is 12.1 Å². The molecule has 1 N–H and O–H groups in total. The van der Waals surface area contributed by atoms with Crippen LogP contribution in [0.1, 0.15) is 12.5 Å². The van der Waals surface area contributed by atoms with Gasteiger partial charge < -0.3 is 9.73 Å². The molecule has 7 nitrogen and oxygen atoms in total. The molecule has 2 heterocycles. The average molecular weight is 481 g/mol. The van der Waals surface area contributed by atoms with Crippen LogP contribution < -0.4 is 10.9 Å². The predicted molar refractivity (Wildman–Crippen MR) is 137 cm³/mol. The highest BCUT2D eigenvalue weighted by Gasteiger charge is 2.15. The summed E-state index contributed by atoms with van der Waals surface area (Å²) in [5, 5.41) is 12.8. The van der Waals surface area contributed by atoms with Crippen LogP contribution in [0.4, 0.5) is 5.69 Å². The summed E-state index contributed by atoms with van der Waals surface area (Å²) in [5.41, 5.74) is 4.62. The summed E-state index contributed by atoms with van der Waals surface area (Å²) >= 11 is 1.39. The van der Waals surface area contributed by atoms with Gasteiger partial charge in [0.15, 0.2) is 0 Å². The fourth-order valence-corrected chi connectivity index (χ4v) is 4.51. The quantitative estimate of drug-likeness (QED) is 0.251. The molecule has 8 heteroatoms. The summed E-state index contributed by atoms with van der Waals surface area (Å²) in [5.74, 6) is 0.249. The topological polar surface area (TPSA) is 98.0 Å². The molecule has 0 atom stereocenters. The first-order valence-electron chi connectivity index (χ1n) is 10.9. The van der Waals surface area contributed by atoms with E-state index in [2.05, 4.69) is 15.5 Å². The second kappa shape index (κ2) is 9.90. The molecule has 0 aliphatic carbocycles. The molecule has 0 radical (unpaired) electrons. The SMILES string of the molecule is CC(=O)Nc1ccc2c(CSc3nnc(-c4ccccc4)c(-c4ccccc4)n3)cc(=O)oc2c1. The molecule has 5 rings (SSSR count). The molecule has 0 bridgehead atoms. The molecule has 0 unspecified atom stereocenters. The number of hydrogen-bond donors (Lipinski definition) is 1. The molecule has 0 fully saturated rings. The Kier molecular flexibility index (Phi) is 6.36. The van der Waals surface area contributed by atoms with Gasteiger partial charge in [-0.2, -0.15) is 0 Å². The second-order valence-corrected chi connectivity index (χ2v) is 8.74. The van der Waals surface area contributed by atoms with Crippen LogP contribution in [0, 0.1) is 0 Å². The molecule has 172 valence electrons. The van der Waals surface area contributed by atoms with E-state index >= 15 is 0 Å². The number of fused-ring (bicyclic) bond motifs is 1. The smallest absolute Gasteiger partial charge is 0.336 e. The van der Waals surface area contributed by atoms with Crippen molar-refractivity contribution in [2.24, 2.45) is 0 Å². The van der Waals surface area contributed by atoms with Gasteiger partial charge in [-0.25, -0.2) is 9.78 Å². The third-order valence-electron chi connectivity index (χ3n) is 5.27. The summed E-state index contributed by atoms with van der Waals surface area (Å²) in [6, 6.07) is 26.4. The molecule has 3 aromatic carbocycles. The summed E-state index contributed by atoms with van der Waals surface area (Å²) in [6.07, 6.45) is 0. The first-order chi connectivity index (χ1) is 17.1. The maximum atomic E-state index is 12.2. The third kappa shape index (κ3) is 5.12. The Morgan fingerprint density at radius 3 is 2.26 bits per heavy atom. The van der Waals surface area contributed by atoms with Crippen molar-refractivity contribution in [3.63, 3.8) is 0 Å². The lowest BCUT2D eigenvalue weighted by atomic mass is 10.0. The number of thioether (sulfide) groups is 1. The highest BCUT2D eigenvalue weighted by atomic mass is 32.2. The minimum absolute atomic E-state index is 0.198. The van der Waals surface area contributed by atoms with Gasteiger partial charge in [-0.15, -0.1) is 10.2 Å². The fraction of sp³-hybridized carbons (Fsp3) is 0.0741. The largest absolute Gasteiger partial charge is 0.423 e. The van der Waals surface area contributed by atoms with Crippen LogP contribution in [0.3, 0.4) is 0 Å². The van der Waals surface area contributed by atoms with Crippen molar-refractivity contribution >= 4 is 34.3 Å². The van der Waals surface area contributed by atoms with E-state index < -0.39 is 5.63 Å². The predicted octanol–water partition coefficient (Wildman–Crippen LogP) is 5.56. The van der Waals surface area contributed by atoms with Crippen molar-refractivity contribution in [1.82, 2.24) is 15.2 Å². The number of amides is 1. The van der Waals surface area contributed by atoms with Crippen LogP contribution in [0.15, 0.2) is 99.3 Å². The molecular weight excluding hydrogens is 460 g/mol. The van der Waals surface area contributed by atoms with Crippen molar-refractivity contribution in [3.8, 4) is 22.5 Å².